The fraction of sp³-hybridized carbons (Fsp3) is 0.370. The molecule has 33 heavy (non-hydrogen) atoms. The average molecular weight is 463 g/mol. The third kappa shape index (κ3) is 4.79. The van der Waals surface area contributed by atoms with E-state index < -0.39 is 0 Å². The van der Waals surface area contributed by atoms with E-state index in [4.69, 9.17) is 11.6 Å². The highest BCUT2D eigenvalue weighted by Crippen LogP contribution is 2.40. The molecule has 1 atom stereocenters. The van der Waals surface area contributed by atoms with Gasteiger partial charge in [-0.05, 0) is 117 Å². The normalized spacial score (nSPS) is 19.6. The Labute approximate surface area is 198 Å². The first-order chi connectivity index (χ1) is 16.0. The molecule has 1 aliphatic carbocycles. The van der Waals surface area contributed by atoms with Gasteiger partial charge in [-0.15, -0.1) is 0 Å². The number of nitrogens with zero attached hydrogens (tertiary/aromatic N) is 3. The quantitative estimate of drug-likeness (QED) is 0.313. The Balaban J connectivity index is 1.24. The van der Waals surface area contributed by atoms with Gasteiger partial charge in [0.05, 0.1) is 11.0 Å². The van der Waals surface area contributed by atoms with Gasteiger partial charge in [-0.25, -0.2) is 14.4 Å². The predicted molar refractivity (Wildman–Crippen MR) is 133 cm³/mol. The summed E-state index contributed by atoms with van der Waals surface area (Å²) < 4.78 is 13.9. The largest absolute Gasteiger partial charge is 0.367 e. The molecule has 2 aromatic heterocycles. The van der Waals surface area contributed by atoms with E-state index in [1.54, 1.807) is 12.1 Å². The number of anilines is 1. The molecule has 2 aromatic carbocycles. The molecule has 2 heterocycles. The van der Waals surface area contributed by atoms with Crippen LogP contribution >= 0.6 is 11.6 Å². The summed E-state index contributed by atoms with van der Waals surface area (Å²) in [5.74, 6) is 1.72. The number of fused-ring (bicyclic) bond motifs is 2. The molecule has 0 saturated heterocycles. The molecule has 0 aliphatic heterocycles. The van der Waals surface area contributed by atoms with E-state index >= 15 is 0 Å². The molecule has 1 aliphatic rings. The van der Waals surface area contributed by atoms with Gasteiger partial charge in [0.1, 0.15) is 11.6 Å². The maximum absolute atomic E-state index is 13.9. The maximum Gasteiger partial charge on any atom is 0.224 e. The minimum Gasteiger partial charge on any atom is -0.367 e. The molecule has 1 fully saturated rings. The van der Waals surface area contributed by atoms with Gasteiger partial charge < -0.3 is 5.32 Å². The first kappa shape index (κ1) is 22.0. The van der Waals surface area contributed by atoms with Gasteiger partial charge in [0.2, 0.25) is 5.28 Å². The van der Waals surface area contributed by atoms with Crippen molar-refractivity contribution in [2.45, 2.75) is 57.9 Å². The molecule has 170 valence electrons. The molecule has 4 nitrogen and oxygen atoms in total. The lowest BCUT2D eigenvalue weighted by Crippen LogP contribution is -2.23. The Morgan fingerprint density at radius 3 is 2.64 bits per heavy atom. The van der Waals surface area contributed by atoms with Gasteiger partial charge >= 0.3 is 0 Å². The first-order valence-corrected chi connectivity index (χ1v) is 12.1. The molecule has 0 amide bonds. The average Bonchev–Trinajstić information content (AvgIpc) is 2.78. The van der Waals surface area contributed by atoms with Gasteiger partial charge in [-0.3, -0.25) is 4.98 Å². The third-order valence-corrected chi connectivity index (χ3v) is 7.09. The zero-order chi connectivity index (χ0) is 22.9. The Morgan fingerprint density at radius 1 is 1.00 bits per heavy atom. The minimum atomic E-state index is -0.196. The monoisotopic (exact) mass is 462 g/mol. The summed E-state index contributed by atoms with van der Waals surface area (Å²) in [6.07, 6.45) is 7.50. The van der Waals surface area contributed by atoms with Gasteiger partial charge in [-0.1, -0.05) is 6.07 Å². The van der Waals surface area contributed by atoms with Gasteiger partial charge in [-0.2, -0.15) is 0 Å². The lowest BCUT2D eigenvalue weighted by molar-refractivity contribution is 0.302. The molecule has 1 saturated carbocycles. The number of hydrogen-bond acceptors (Lipinski definition) is 4. The van der Waals surface area contributed by atoms with E-state index in [0.717, 1.165) is 52.4 Å². The minimum absolute atomic E-state index is 0.196. The van der Waals surface area contributed by atoms with Crippen LogP contribution in [0, 0.1) is 18.7 Å². The van der Waals surface area contributed by atoms with Gasteiger partial charge in [0, 0.05) is 23.0 Å². The number of hydrogen-bond donors (Lipinski definition) is 1. The smallest absolute Gasteiger partial charge is 0.224 e. The molecule has 0 radical (unpaired) electrons. The van der Waals surface area contributed by atoms with E-state index in [0.29, 0.717) is 11.8 Å². The molecule has 0 spiro atoms. The highest BCUT2D eigenvalue weighted by Gasteiger charge is 2.25. The van der Waals surface area contributed by atoms with Crippen LogP contribution in [0.25, 0.3) is 21.8 Å². The van der Waals surface area contributed by atoms with E-state index in [1.807, 2.05) is 19.2 Å². The summed E-state index contributed by atoms with van der Waals surface area (Å²) in [4.78, 5) is 13.2. The molecule has 0 bridgehead atoms. The Hall–Kier alpha value is -2.79. The van der Waals surface area contributed by atoms with Crippen molar-refractivity contribution in [2.24, 2.45) is 5.92 Å². The molecule has 1 unspecified atom stereocenters. The van der Waals surface area contributed by atoms with Crippen molar-refractivity contribution >= 4 is 39.2 Å². The second kappa shape index (κ2) is 9.22. The Kier molecular flexibility index (Phi) is 6.15. The highest BCUT2D eigenvalue weighted by atomic mass is 35.5. The molecule has 4 aromatic rings. The number of aryl methyl sites for hydroxylation is 1. The topological polar surface area (TPSA) is 50.7 Å². The van der Waals surface area contributed by atoms with E-state index in [2.05, 4.69) is 45.4 Å². The summed E-state index contributed by atoms with van der Waals surface area (Å²) >= 11 is 6.19. The van der Waals surface area contributed by atoms with Crippen molar-refractivity contribution in [3.63, 3.8) is 0 Å². The fourth-order valence-corrected chi connectivity index (χ4v) is 5.49. The second-order valence-corrected chi connectivity index (χ2v) is 9.76. The number of aromatic nitrogens is 3. The van der Waals surface area contributed by atoms with Crippen LogP contribution in [0.2, 0.25) is 5.28 Å². The maximum atomic E-state index is 13.9. The van der Waals surface area contributed by atoms with Crippen LogP contribution in [0.1, 0.15) is 56.1 Å². The van der Waals surface area contributed by atoms with Crippen LogP contribution in [0.4, 0.5) is 10.2 Å². The molecular formula is C27H28ClFN4. The summed E-state index contributed by atoms with van der Waals surface area (Å²) in [6.45, 7) is 4.26. The summed E-state index contributed by atoms with van der Waals surface area (Å²) in [5.41, 5.74) is 4.13. The van der Waals surface area contributed by atoms with Gasteiger partial charge in [0.15, 0.2) is 0 Å². The summed E-state index contributed by atoms with van der Waals surface area (Å²) in [7, 11) is 0. The van der Waals surface area contributed by atoms with E-state index in [1.165, 1.54) is 24.5 Å². The predicted octanol–water partition coefficient (Wildman–Crippen LogP) is 7.44. The van der Waals surface area contributed by atoms with Crippen molar-refractivity contribution in [3.8, 4) is 0 Å². The highest BCUT2D eigenvalue weighted by molar-refractivity contribution is 6.28. The summed E-state index contributed by atoms with van der Waals surface area (Å²) in [5, 5.41) is 5.80. The van der Waals surface area contributed by atoms with Crippen molar-refractivity contribution in [1.29, 1.82) is 0 Å². The lowest BCUT2D eigenvalue weighted by atomic mass is 9.76. The standard InChI is InChI=1S/C27H28ClFN4/c1-16-3-9-22-25(13-16)32-27(28)33-26(22)31-17(2)14-18-4-6-19(7-5-18)21-11-12-30-24-10-8-20(29)15-23(21)24/h3,8-13,15,17-19H,4-7,14H2,1-2H3,(H,31,32,33)/t17?,18-,19-. The number of nitrogens with one attached hydrogen (secondary N) is 1. The zero-order valence-electron chi connectivity index (χ0n) is 19.0. The number of rotatable bonds is 5. The van der Waals surface area contributed by atoms with Crippen molar-refractivity contribution < 1.29 is 4.39 Å². The Morgan fingerprint density at radius 2 is 1.82 bits per heavy atom. The SMILES string of the molecule is Cc1ccc2c(NC(C)C[C@H]3CC[C@H](c4ccnc5ccc(F)cc54)CC3)nc(Cl)nc2c1. The van der Waals surface area contributed by atoms with Crippen molar-refractivity contribution in [3.05, 3.63) is 70.9 Å². The fourth-order valence-electron chi connectivity index (χ4n) is 5.32. The van der Waals surface area contributed by atoms with Crippen LogP contribution in [-0.4, -0.2) is 21.0 Å². The first-order valence-electron chi connectivity index (χ1n) is 11.7. The lowest BCUT2D eigenvalue weighted by Gasteiger charge is -2.31. The van der Waals surface area contributed by atoms with E-state index in [9.17, 15) is 4.39 Å². The van der Waals surface area contributed by atoms with Crippen LogP contribution in [0.5, 0.6) is 0 Å². The zero-order valence-corrected chi connectivity index (χ0v) is 19.7. The van der Waals surface area contributed by atoms with Crippen LogP contribution in [0.15, 0.2) is 48.7 Å². The van der Waals surface area contributed by atoms with Crippen LogP contribution in [-0.2, 0) is 0 Å². The molecule has 5 rings (SSSR count). The second-order valence-electron chi connectivity index (χ2n) is 9.42. The van der Waals surface area contributed by atoms with E-state index in [-0.39, 0.29) is 17.1 Å². The third-order valence-electron chi connectivity index (χ3n) is 6.92. The molecular weight excluding hydrogens is 435 g/mol. The molecule has 1 N–H and O–H groups in total. The number of benzene rings is 2. The number of pyridine rings is 1. The van der Waals surface area contributed by atoms with Crippen molar-refractivity contribution in [2.75, 3.05) is 5.32 Å². The van der Waals surface area contributed by atoms with Gasteiger partial charge in [0.25, 0.3) is 0 Å². The van der Waals surface area contributed by atoms with Crippen molar-refractivity contribution in [1.82, 2.24) is 15.0 Å². The van der Waals surface area contributed by atoms with Crippen LogP contribution < -0.4 is 5.32 Å². The van der Waals surface area contributed by atoms with Crippen LogP contribution in [0.3, 0.4) is 0 Å². The Bertz CT molecular complexity index is 1300. The number of halogens is 2. The summed E-state index contributed by atoms with van der Waals surface area (Å²) in [6, 6.07) is 13.4. The molecule has 6 heteroatoms.